The number of hydrogen-bond donors (Lipinski definition) is 3. The quantitative estimate of drug-likeness (QED) is 0.443. The first kappa shape index (κ1) is 25.8. The maximum atomic E-state index is 13.0. The van der Waals surface area contributed by atoms with Gasteiger partial charge in [0.1, 0.15) is 5.82 Å². The van der Waals surface area contributed by atoms with Crippen molar-refractivity contribution >= 4 is 29.0 Å². The van der Waals surface area contributed by atoms with Crippen LogP contribution in [0.2, 0.25) is 0 Å². The van der Waals surface area contributed by atoms with Gasteiger partial charge >= 0.3 is 0 Å². The van der Waals surface area contributed by atoms with Gasteiger partial charge in [0.2, 0.25) is 0 Å². The van der Waals surface area contributed by atoms with Crippen LogP contribution in [-0.2, 0) is 11.3 Å². The summed E-state index contributed by atoms with van der Waals surface area (Å²) in [7, 11) is 0. The van der Waals surface area contributed by atoms with Crippen molar-refractivity contribution in [3.63, 3.8) is 0 Å². The average molecular weight is 516 g/mol. The fraction of sp³-hybridized carbons (Fsp3) is 0.345. The molecule has 198 valence electrons. The summed E-state index contributed by atoms with van der Waals surface area (Å²) < 4.78 is 5.40. The fourth-order valence-electron chi connectivity index (χ4n) is 4.73. The highest BCUT2D eigenvalue weighted by Gasteiger charge is 2.20. The van der Waals surface area contributed by atoms with E-state index < -0.39 is 0 Å². The van der Waals surface area contributed by atoms with Gasteiger partial charge in [0, 0.05) is 61.4 Å². The number of aliphatic hydroxyl groups is 1. The van der Waals surface area contributed by atoms with Crippen LogP contribution < -0.4 is 15.5 Å². The molecule has 0 bridgehead atoms. The van der Waals surface area contributed by atoms with Crippen molar-refractivity contribution in [2.45, 2.75) is 26.0 Å². The van der Waals surface area contributed by atoms with E-state index in [-0.39, 0.29) is 17.9 Å². The number of nitrogens with one attached hydrogen (secondary N) is 2. The van der Waals surface area contributed by atoms with Crippen LogP contribution >= 0.6 is 0 Å². The van der Waals surface area contributed by atoms with Gasteiger partial charge in [-0.3, -0.25) is 14.5 Å². The molecule has 0 saturated carbocycles. The van der Waals surface area contributed by atoms with Crippen molar-refractivity contribution in [3.8, 4) is 0 Å². The molecule has 1 atom stereocenters. The number of anilines is 3. The molecular weight excluding hydrogens is 482 g/mol. The van der Waals surface area contributed by atoms with Gasteiger partial charge in [0.15, 0.2) is 0 Å². The third-order valence-electron chi connectivity index (χ3n) is 6.96. The number of carbonyl (C=O) groups is 2. The number of aromatic nitrogens is 1. The molecule has 0 radical (unpaired) electrons. The van der Waals surface area contributed by atoms with E-state index in [4.69, 9.17) is 4.74 Å². The second kappa shape index (κ2) is 11.7. The van der Waals surface area contributed by atoms with Crippen LogP contribution in [-0.4, -0.2) is 72.3 Å². The average Bonchev–Trinajstić information content (AvgIpc) is 3.35. The Hall–Kier alpha value is -3.79. The summed E-state index contributed by atoms with van der Waals surface area (Å²) in [5.41, 5.74) is 4.27. The topological polar surface area (TPSA) is 107 Å². The zero-order valence-electron chi connectivity index (χ0n) is 21.5. The zero-order valence-corrected chi connectivity index (χ0v) is 21.5. The van der Waals surface area contributed by atoms with Gasteiger partial charge in [-0.15, -0.1) is 0 Å². The van der Waals surface area contributed by atoms with Crippen LogP contribution in [0.1, 0.15) is 38.3 Å². The predicted molar refractivity (Wildman–Crippen MR) is 147 cm³/mol. The number of amides is 2. The van der Waals surface area contributed by atoms with Crippen molar-refractivity contribution in [2.75, 3.05) is 54.9 Å². The number of rotatable bonds is 7. The maximum absolute atomic E-state index is 13.0. The molecule has 9 nitrogen and oxygen atoms in total. The van der Waals surface area contributed by atoms with E-state index in [1.165, 1.54) is 0 Å². The van der Waals surface area contributed by atoms with E-state index in [0.29, 0.717) is 42.3 Å². The number of nitrogens with zero attached hydrogens (tertiary/aromatic N) is 3. The second-order valence-corrected chi connectivity index (χ2v) is 9.81. The number of hydrogen-bond acceptors (Lipinski definition) is 7. The molecule has 3 heterocycles. The van der Waals surface area contributed by atoms with Crippen LogP contribution in [0.5, 0.6) is 0 Å². The fourth-order valence-corrected chi connectivity index (χ4v) is 4.73. The van der Waals surface area contributed by atoms with E-state index >= 15 is 0 Å². The highest BCUT2D eigenvalue weighted by Crippen LogP contribution is 2.23. The number of likely N-dealkylation sites (tertiary alicyclic amines) is 1. The molecule has 1 unspecified atom stereocenters. The lowest BCUT2D eigenvalue weighted by molar-refractivity contribution is 0.101. The van der Waals surface area contributed by atoms with Gasteiger partial charge in [0.25, 0.3) is 11.8 Å². The van der Waals surface area contributed by atoms with Crippen molar-refractivity contribution in [1.29, 1.82) is 0 Å². The van der Waals surface area contributed by atoms with E-state index in [1.807, 2.05) is 43.3 Å². The standard InChI is InChI=1S/C29H33N5O4/c1-20-2-7-24(31-29(37)23-8-10-30-27(16-23)34-12-14-38-15-13-34)17-26(20)32-28(36)22-5-3-21(4-6-22)18-33-11-9-25(35)19-33/h2-8,10,16-17,25,35H,9,11-15,18-19H2,1H3,(H,31,37)(H,32,36). The van der Waals surface area contributed by atoms with E-state index in [2.05, 4.69) is 25.4 Å². The Bertz CT molecular complexity index is 1290. The van der Waals surface area contributed by atoms with Crippen LogP contribution in [0.4, 0.5) is 17.2 Å². The van der Waals surface area contributed by atoms with Gasteiger partial charge in [0.05, 0.1) is 19.3 Å². The normalized spacial score (nSPS) is 17.8. The van der Waals surface area contributed by atoms with E-state index in [1.54, 1.807) is 24.4 Å². The molecule has 0 spiro atoms. The number of carbonyl (C=O) groups excluding carboxylic acids is 2. The Morgan fingerprint density at radius 1 is 0.974 bits per heavy atom. The molecule has 5 rings (SSSR count). The van der Waals surface area contributed by atoms with Crippen molar-refractivity contribution in [1.82, 2.24) is 9.88 Å². The number of aryl methyl sites for hydroxylation is 1. The highest BCUT2D eigenvalue weighted by atomic mass is 16.5. The van der Waals surface area contributed by atoms with Gasteiger partial charge in [-0.1, -0.05) is 18.2 Å². The first-order valence-electron chi connectivity index (χ1n) is 13.0. The lowest BCUT2D eigenvalue weighted by atomic mass is 10.1. The molecule has 2 saturated heterocycles. The minimum Gasteiger partial charge on any atom is -0.392 e. The number of morpholine rings is 1. The van der Waals surface area contributed by atoms with Crippen LogP contribution in [0.3, 0.4) is 0 Å². The molecule has 3 N–H and O–H groups in total. The molecule has 2 aliphatic rings. The summed E-state index contributed by atoms with van der Waals surface area (Å²) in [6.45, 7) is 7.00. The van der Waals surface area contributed by atoms with Crippen LogP contribution in [0, 0.1) is 6.92 Å². The Balaban J connectivity index is 1.22. The molecule has 2 amide bonds. The first-order chi connectivity index (χ1) is 18.4. The molecule has 2 aliphatic heterocycles. The Morgan fingerprint density at radius 2 is 1.74 bits per heavy atom. The maximum Gasteiger partial charge on any atom is 0.255 e. The van der Waals surface area contributed by atoms with Crippen LogP contribution in [0.25, 0.3) is 0 Å². The van der Waals surface area contributed by atoms with Gasteiger partial charge in [-0.25, -0.2) is 4.98 Å². The first-order valence-corrected chi connectivity index (χ1v) is 13.0. The smallest absolute Gasteiger partial charge is 0.255 e. The largest absolute Gasteiger partial charge is 0.392 e. The van der Waals surface area contributed by atoms with Crippen molar-refractivity contribution in [2.24, 2.45) is 0 Å². The molecule has 3 aromatic rings. The molecule has 38 heavy (non-hydrogen) atoms. The molecule has 2 fully saturated rings. The third kappa shape index (κ3) is 6.36. The van der Waals surface area contributed by atoms with Gasteiger partial charge < -0.3 is 25.4 Å². The number of pyridine rings is 1. The number of ether oxygens (including phenoxy) is 1. The van der Waals surface area contributed by atoms with Gasteiger partial charge in [-0.2, -0.15) is 0 Å². The van der Waals surface area contributed by atoms with Crippen molar-refractivity contribution < 1.29 is 19.4 Å². The third-order valence-corrected chi connectivity index (χ3v) is 6.96. The summed E-state index contributed by atoms with van der Waals surface area (Å²) in [6.07, 6.45) is 2.19. The summed E-state index contributed by atoms with van der Waals surface area (Å²) in [4.78, 5) is 34.6. The summed E-state index contributed by atoms with van der Waals surface area (Å²) in [5, 5.41) is 15.6. The summed E-state index contributed by atoms with van der Waals surface area (Å²) in [5.74, 6) is 0.287. The predicted octanol–water partition coefficient (Wildman–Crippen LogP) is 3.30. The molecule has 1 aromatic heterocycles. The highest BCUT2D eigenvalue weighted by molar-refractivity contribution is 6.07. The summed E-state index contributed by atoms with van der Waals surface area (Å²) >= 11 is 0. The van der Waals surface area contributed by atoms with Gasteiger partial charge in [-0.05, 0) is 60.9 Å². The molecule has 9 heteroatoms. The molecule has 0 aliphatic carbocycles. The number of aliphatic hydroxyl groups excluding tert-OH is 1. The lowest BCUT2D eigenvalue weighted by Gasteiger charge is -2.27. The Labute approximate surface area is 222 Å². The lowest BCUT2D eigenvalue weighted by Crippen LogP contribution is -2.36. The zero-order chi connectivity index (χ0) is 26.5. The number of β-amino-alcohol motifs (C(OH)–C–C–N with tert-alkyl or cyclic N) is 1. The molecule has 2 aromatic carbocycles. The minimum absolute atomic E-state index is 0.219. The summed E-state index contributed by atoms with van der Waals surface area (Å²) in [6, 6.07) is 16.4. The Kier molecular flexibility index (Phi) is 7.97. The van der Waals surface area contributed by atoms with E-state index in [0.717, 1.165) is 49.5 Å². The Morgan fingerprint density at radius 3 is 2.47 bits per heavy atom. The van der Waals surface area contributed by atoms with E-state index in [9.17, 15) is 14.7 Å². The molecular formula is C29H33N5O4. The second-order valence-electron chi connectivity index (χ2n) is 9.81. The monoisotopic (exact) mass is 515 g/mol. The van der Waals surface area contributed by atoms with Crippen molar-refractivity contribution in [3.05, 3.63) is 83.0 Å². The number of benzene rings is 2. The SMILES string of the molecule is Cc1ccc(NC(=O)c2ccnc(N3CCOCC3)c2)cc1NC(=O)c1ccc(CN2CCC(O)C2)cc1. The van der Waals surface area contributed by atoms with Crippen LogP contribution in [0.15, 0.2) is 60.8 Å². The minimum atomic E-state index is -0.249.